The fourth-order valence-corrected chi connectivity index (χ4v) is 4.99. The Morgan fingerprint density at radius 3 is 2.42 bits per heavy atom. The van der Waals surface area contributed by atoms with Crippen molar-refractivity contribution in [1.29, 1.82) is 0 Å². The van der Waals surface area contributed by atoms with Crippen molar-refractivity contribution in [1.82, 2.24) is 10.2 Å². The SMILES string of the molecule is CCC(F)(F)CN1CCC(C2CC2CCOc2cc(F)c(C(=O)NC3(C)CC3)c(F)c2)CC1. The van der Waals surface area contributed by atoms with Gasteiger partial charge in [-0.15, -0.1) is 0 Å². The van der Waals surface area contributed by atoms with Crippen LogP contribution in [-0.4, -0.2) is 48.5 Å². The van der Waals surface area contributed by atoms with E-state index in [2.05, 4.69) is 5.32 Å². The van der Waals surface area contributed by atoms with Gasteiger partial charge in [-0.3, -0.25) is 9.69 Å². The first kappa shape index (κ1) is 24.3. The molecule has 184 valence electrons. The molecular weight excluding hydrogens is 436 g/mol. The molecule has 3 fully saturated rings. The van der Waals surface area contributed by atoms with Gasteiger partial charge < -0.3 is 10.1 Å². The van der Waals surface area contributed by atoms with Gasteiger partial charge in [-0.25, -0.2) is 17.6 Å². The molecule has 0 spiro atoms. The molecule has 2 unspecified atom stereocenters. The molecule has 0 bridgehead atoms. The lowest BCUT2D eigenvalue weighted by molar-refractivity contribution is -0.0424. The van der Waals surface area contributed by atoms with E-state index in [1.165, 1.54) is 6.92 Å². The van der Waals surface area contributed by atoms with Crippen molar-refractivity contribution in [2.75, 3.05) is 26.2 Å². The van der Waals surface area contributed by atoms with Gasteiger partial charge >= 0.3 is 0 Å². The molecule has 2 atom stereocenters. The molecule has 33 heavy (non-hydrogen) atoms. The fraction of sp³-hybridized carbons (Fsp3) is 0.720. The summed E-state index contributed by atoms with van der Waals surface area (Å²) in [7, 11) is 0. The molecule has 0 aromatic heterocycles. The fourth-order valence-electron chi connectivity index (χ4n) is 4.99. The van der Waals surface area contributed by atoms with Crippen LogP contribution in [0.2, 0.25) is 0 Å². The summed E-state index contributed by atoms with van der Waals surface area (Å²) in [5.74, 6) is -3.44. The van der Waals surface area contributed by atoms with Crippen molar-refractivity contribution in [3.63, 3.8) is 0 Å². The summed E-state index contributed by atoms with van der Waals surface area (Å²) in [5, 5.41) is 2.67. The number of hydrogen-bond donors (Lipinski definition) is 1. The van der Waals surface area contributed by atoms with Gasteiger partial charge in [0.2, 0.25) is 0 Å². The van der Waals surface area contributed by atoms with Gasteiger partial charge in [0.25, 0.3) is 11.8 Å². The van der Waals surface area contributed by atoms with Crippen LogP contribution in [-0.2, 0) is 0 Å². The lowest BCUT2D eigenvalue weighted by Crippen LogP contribution is -2.41. The summed E-state index contributed by atoms with van der Waals surface area (Å²) in [6.07, 6.45) is 5.27. The van der Waals surface area contributed by atoms with Crippen molar-refractivity contribution < 1.29 is 27.1 Å². The van der Waals surface area contributed by atoms with E-state index in [-0.39, 0.29) is 24.3 Å². The maximum Gasteiger partial charge on any atom is 0.260 e. The molecule has 0 radical (unpaired) electrons. The quantitative estimate of drug-likeness (QED) is 0.465. The highest BCUT2D eigenvalue weighted by Crippen LogP contribution is 2.50. The molecule has 3 aliphatic rings. The average Bonchev–Trinajstić information content (AvgIpc) is 3.66. The number of amides is 1. The lowest BCUT2D eigenvalue weighted by atomic mass is 9.90. The number of carbonyl (C=O) groups excluding carboxylic acids is 1. The van der Waals surface area contributed by atoms with Gasteiger partial charge in [0.1, 0.15) is 22.9 Å². The Morgan fingerprint density at radius 1 is 1.21 bits per heavy atom. The normalized spacial score (nSPS) is 25.0. The number of piperidine rings is 1. The van der Waals surface area contributed by atoms with E-state index in [0.717, 1.165) is 63.7 Å². The van der Waals surface area contributed by atoms with Crippen LogP contribution >= 0.6 is 0 Å². The molecule has 4 nitrogen and oxygen atoms in total. The molecule has 2 aliphatic carbocycles. The summed E-state index contributed by atoms with van der Waals surface area (Å²) in [6, 6.07) is 2.14. The van der Waals surface area contributed by atoms with Crippen molar-refractivity contribution in [2.45, 2.75) is 70.3 Å². The molecule has 1 heterocycles. The minimum absolute atomic E-state index is 0.0848. The van der Waals surface area contributed by atoms with Crippen LogP contribution in [0.15, 0.2) is 12.1 Å². The number of halogens is 4. The maximum absolute atomic E-state index is 14.4. The Kier molecular flexibility index (Phi) is 6.95. The second-order valence-electron chi connectivity index (χ2n) is 10.4. The highest BCUT2D eigenvalue weighted by atomic mass is 19.3. The minimum atomic E-state index is -2.61. The molecule has 1 N–H and O–H groups in total. The Hall–Kier alpha value is -1.83. The molecule has 1 aromatic carbocycles. The van der Waals surface area contributed by atoms with Gasteiger partial charge in [-0.05, 0) is 76.3 Å². The number of rotatable bonds is 10. The Balaban J connectivity index is 1.19. The number of benzene rings is 1. The van der Waals surface area contributed by atoms with Crippen LogP contribution in [0.5, 0.6) is 5.75 Å². The van der Waals surface area contributed by atoms with Crippen LogP contribution in [0.1, 0.15) is 69.2 Å². The second kappa shape index (κ2) is 9.43. The lowest BCUT2D eigenvalue weighted by Gasteiger charge is -2.34. The number of likely N-dealkylation sites (tertiary alicyclic amines) is 1. The van der Waals surface area contributed by atoms with Crippen molar-refractivity contribution in [3.05, 3.63) is 29.3 Å². The van der Waals surface area contributed by atoms with Gasteiger partial charge in [-0.1, -0.05) is 6.92 Å². The Bertz CT molecular complexity index is 843. The number of nitrogens with zero attached hydrogens (tertiary/aromatic N) is 1. The molecule has 8 heteroatoms. The van der Waals surface area contributed by atoms with E-state index in [1.54, 1.807) is 0 Å². The van der Waals surface area contributed by atoms with E-state index in [4.69, 9.17) is 4.74 Å². The first-order valence-corrected chi connectivity index (χ1v) is 12.1. The Labute approximate surface area is 193 Å². The van der Waals surface area contributed by atoms with E-state index >= 15 is 0 Å². The van der Waals surface area contributed by atoms with Gasteiger partial charge in [0, 0.05) is 24.1 Å². The predicted molar refractivity (Wildman–Crippen MR) is 118 cm³/mol. The number of carbonyl (C=O) groups is 1. The maximum atomic E-state index is 14.4. The van der Waals surface area contributed by atoms with E-state index in [0.29, 0.717) is 24.4 Å². The molecule has 2 saturated carbocycles. The molecule has 1 aliphatic heterocycles. The van der Waals surface area contributed by atoms with Crippen molar-refractivity contribution >= 4 is 5.91 Å². The van der Waals surface area contributed by atoms with Crippen molar-refractivity contribution in [2.24, 2.45) is 17.8 Å². The van der Waals surface area contributed by atoms with Crippen LogP contribution in [0.4, 0.5) is 17.6 Å². The smallest absolute Gasteiger partial charge is 0.260 e. The monoisotopic (exact) mass is 470 g/mol. The van der Waals surface area contributed by atoms with Crippen LogP contribution in [0.3, 0.4) is 0 Å². The van der Waals surface area contributed by atoms with Crippen LogP contribution in [0, 0.1) is 29.4 Å². The summed E-state index contributed by atoms with van der Waals surface area (Å²) >= 11 is 0. The molecule has 1 aromatic rings. The third kappa shape index (κ3) is 6.19. The topological polar surface area (TPSA) is 41.6 Å². The van der Waals surface area contributed by atoms with Gasteiger partial charge in [0.15, 0.2) is 0 Å². The molecular formula is C25H34F4N2O2. The third-order valence-electron chi connectivity index (χ3n) is 7.60. The number of nitrogens with one attached hydrogen (secondary N) is 1. The van der Waals surface area contributed by atoms with E-state index in [9.17, 15) is 22.4 Å². The van der Waals surface area contributed by atoms with Gasteiger partial charge in [0.05, 0.1) is 13.2 Å². The second-order valence-corrected chi connectivity index (χ2v) is 10.4. The minimum Gasteiger partial charge on any atom is -0.493 e. The van der Waals surface area contributed by atoms with Crippen molar-refractivity contribution in [3.8, 4) is 5.75 Å². The third-order valence-corrected chi connectivity index (χ3v) is 7.60. The van der Waals surface area contributed by atoms with Gasteiger partial charge in [-0.2, -0.15) is 0 Å². The summed E-state index contributed by atoms with van der Waals surface area (Å²) in [6.45, 7) is 5.01. The zero-order chi connectivity index (χ0) is 23.8. The number of ether oxygens (including phenoxy) is 1. The number of hydrogen-bond acceptors (Lipinski definition) is 3. The summed E-state index contributed by atoms with van der Waals surface area (Å²) in [5.41, 5.74) is -0.927. The largest absolute Gasteiger partial charge is 0.493 e. The first-order valence-electron chi connectivity index (χ1n) is 12.1. The zero-order valence-electron chi connectivity index (χ0n) is 19.4. The average molecular weight is 471 g/mol. The highest BCUT2D eigenvalue weighted by molar-refractivity contribution is 5.95. The van der Waals surface area contributed by atoms with E-state index in [1.807, 2.05) is 11.8 Å². The summed E-state index contributed by atoms with van der Waals surface area (Å²) in [4.78, 5) is 14.1. The number of alkyl halides is 2. The van der Waals surface area contributed by atoms with Crippen LogP contribution < -0.4 is 10.1 Å². The first-order chi connectivity index (χ1) is 15.6. The highest BCUT2D eigenvalue weighted by Gasteiger charge is 2.44. The summed E-state index contributed by atoms with van der Waals surface area (Å²) < 4.78 is 61.6. The standard InChI is InChI=1S/C25H34F4N2O2/c1-3-25(28,29)15-31-9-4-16(5-10-31)19-12-17(19)6-11-33-18-13-20(26)22(21(27)14-18)23(32)30-24(2)7-8-24/h13-14,16-17,19H,3-12,15H2,1-2H3,(H,30,32). The predicted octanol–water partition coefficient (Wildman–Crippen LogP) is 5.41. The Morgan fingerprint density at radius 2 is 1.85 bits per heavy atom. The zero-order valence-corrected chi connectivity index (χ0v) is 19.4. The molecule has 1 amide bonds. The van der Waals surface area contributed by atoms with E-state index < -0.39 is 29.0 Å². The molecule has 1 saturated heterocycles. The molecule has 4 rings (SSSR count). The van der Waals surface area contributed by atoms with Crippen LogP contribution in [0.25, 0.3) is 0 Å².